The SMILES string of the molecule is Cc1ccc(Br)c(-n2cc(CC(=O)O)nn2)c1. The first-order chi connectivity index (χ1) is 8.06. The van der Waals surface area contributed by atoms with Gasteiger partial charge >= 0.3 is 5.97 Å². The summed E-state index contributed by atoms with van der Waals surface area (Å²) < 4.78 is 2.45. The molecule has 1 N–H and O–H groups in total. The number of aryl methyl sites for hydroxylation is 1. The van der Waals surface area contributed by atoms with E-state index in [4.69, 9.17) is 5.11 Å². The lowest BCUT2D eigenvalue weighted by atomic mass is 10.2. The first-order valence-corrected chi connectivity index (χ1v) is 5.75. The Hall–Kier alpha value is -1.69. The van der Waals surface area contributed by atoms with E-state index >= 15 is 0 Å². The summed E-state index contributed by atoms with van der Waals surface area (Å²) >= 11 is 3.42. The van der Waals surface area contributed by atoms with Crippen LogP contribution in [-0.2, 0) is 11.2 Å². The molecule has 1 aromatic carbocycles. The molecule has 0 aliphatic rings. The van der Waals surface area contributed by atoms with Crippen molar-refractivity contribution in [1.29, 1.82) is 0 Å². The molecule has 17 heavy (non-hydrogen) atoms. The quantitative estimate of drug-likeness (QED) is 0.940. The Labute approximate surface area is 106 Å². The molecule has 0 unspecified atom stereocenters. The Morgan fingerprint density at radius 3 is 3.00 bits per heavy atom. The second-order valence-corrected chi connectivity index (χ2v) is 4.53. The van der Waals surface area contributed by atoms with Gasteiger partial charge in [-0.15, -0.1) is 5.10 Å². The molecule has 0 aliphatic carbocycles. The molecule has 0 saturated heterocycles. The van der Waals surface area contributed by atoms with Crippen molar-refractivity contribution < 1.29 is 9.90 Å². The Bertz CT molecular complexity index is 566. The average Bonchev–Trinajstić information content (AvgIpc) is 2.69. The van der Waals surface area contributed by atoms with Gasteiger partial charge in [-0.05, 0) is 40.5 Å². The zero-order valence-electron chi connectivity index (χ0n) is 9.09. The van der Waals surface area contributed by atoms with Crippen molar-refractivity contribution in [3.05, 3.63) is 40.1 Å². The van der Waals surface area contributed by atoms with Crippen molar-refractivity contribution in [3.8, 4) is 5.69 Å². The van der Waals surface area contributed by atoms with Crippen molar-refractivity contribution in [1.82, 2.24) is 15.0 Å². The standard InChI is InChI=1S/C11H10BrN3O2/c1-7-2-3-9(12)10(4-7)15-6-8(13-14-15)5-11(16)17/h2-4,6H,5H2,1H3,(H,16,17). The van der Waals surface area contributed by atoms with E-state index in [1.165, 1.54) is 0 Å². The zero-order valence-corrected chi connectivity index (χ0v) is 10.7. The van der Waals surface area contributed by atoms with Crippen LogP contribution in [0, 0.1) is 6.92 Å². The first kappa shape index (κ1) is 11.8. The lowest BCUT2D eigenvalue weighted by molar-refractivity contribution is -0.136. The summed E-state index contributed by atoms with van der Waals surface area (Å²) in [5, 5.41) is 16.4. The largest absolute Gasteiger partial charge is 0.481 e. The number of aliphatic carboxylic acids is 1. The van der Waals surface area contributed by atoms with Gasteiger partial charge in [0.25, 0.3) is 0 Å². The molecular formula is C11H10BrN3O2. The fraction of sp³-hybridized carbons (Fsp3) is 0.182. The van der Waals surface area contributed by atoms with E-state index in [2.05, 4.69) is 26.2 Å². The van der Waals surface area contributed by atoms with Gasteiger partial charge in [0.2, 0.25) is 0 Å². The predicted molar refractivity (Wildman–Crippen MR) is 65.1 cm³/mol. The van der Waals surface area contributed by atoms with E-state index in [0.29, 0.717) is 5.69 Å². The number of halogens is 1. The van der Waals surface area contributed by atoms with Gasteiger partial charge in [0.1, 0.15) is 0 Å². The maximum absolute atomic E-state index is 10.5. The van der Waals surface area contributed by atoms with Gasteiger partial charge in [-0.25, -0.2) is 4.68 Å². The van der Waals surface area contributed by atoms with Crippen LogP contribution < -0.4 is 0 Å². The summed E-state index contributed by atoms with van der Waals surface area (Å²) in [6.07, 6.45) is 1.50. The Morgan fingerprint density at radius 2 is 2.29 bits per heavy atom. The molecule has 0 spiro atoms. The smallest absolute Gasteiger partial charge is 0.309 e. The van der Waals surface area contributed by atoms with Crippen molar-refractivity contribution in [3.63, 3.8) is 0 Å². The Kier molecular flexibility index (Phi) is 3.23. The van der Waals surface area contributed by atoms with E-state index in [1.54, 1.807) is 10.9 Å². The van der Waals surface area contributed by atoms with E-state index in [-0.39, 0.29) is 6.42 Å². The summed E-state index contributed by atoms with van der Waals surface area (Å²) in [5.41, 5.74) is 2.37. The lowest BCUT2D eigenvalue weighted by Gasteiger charge is -2.04. The van der Waals surface area contributed by atoms with Crippen LogP contribution in [0.2, 0.25) is 0 Å². The highest BCUT2D eigenvalue weighted by Gasteiger charge is 2.08. The Balaban J connectivity index is 2.36. The van der Waals surface area contributed by atoms with E-state index in [9.17, 15) is 4.79 Å². The zero-order chi connectivity index (χ0) is 12.4. The number of hydrogen-bond acceptors (Lipinski definition) is 3. The lowest BCUT2D eigenvalue weighted by Crippen LogP contribution is -2.00. The van der Waals surface area contributed by atoms with Crippen molar-refractivity contribution in [2.75, 3.05) is 0 Å². The van der Waals surface area contributed by atoms with Crippen LogP contribution >= 0.6 is 15.9 Å². The van der Waals surface area contributed by atoms with Crippen LogP contribution in [0.15, 0.2) is 28.9 Å². The maximum Gasteiger partial charge on any atom is 0.309 e. The molecule has 0 bridgehead atoms. The molecule has 2 rings (SSSR count). The topological polar surface area (TPSA) is 68.0 Å². The molecule has 2 aromatic rings. The van der Waals surface area contributed by atoms with Crippen molar-refractivity contribution >= 4 is 21.9 Å². The molecular weight excluding hydrogens is 286 g/mol. The Morgan fingerprint density at radius 1 is 1.53 bits per heavy atom. The van der Waals surface area contributed by atoms with Crippen LogP contribution in [0.25, 0.3) is 5.69 Å². The highest BCUT2D eigenvalue weighted by molar-refractivity contribution is 9.10. The summed E-state index contributed by atoms with van der Waals surface area (Å²) in [7, 11) is 0. The summed E-state index contributed by atoms with van der Waals surface area (Å²) in [6.45, 7) is 1.98. The number of hydrogen-bond donors (Lipinski definition) is 1. The third-order valence-corrected chi connectivity index (χ3v) is 2.89. The molecule has 0 saturated carbocycles. The van der Waals surface area contributed by atoms with Gasteiger partial charge in [0, 0.05) is 4.47 Å². The minimum atomic E-state index is -0.916. The van der Waals surface area contributed by atoms with Crippen molar-refractivity contribution in [2.45, 2.75) is 13.3 Å². The fourth-order valence-corrected chi connectivity index (χ4v) is 1.88. The van der Waals surface area contributed by atoms with Crippen LogP contribution in [0.4, 0.5) is 0 Å². The summed E-state index contributed by atoms with van der Waals surface area (Å²) in [5.74, 6) is -0.916. The normalized spacial score (nSPS) is 10.5. The highest BCUT2D eigenvalue weighted by Crippen LogP contribution is 2.21. The minimum Gasteiger partial charge on any atom is -0.481 e. The van der Waals surface area contributed by atoms with Gasteiger partial charge in [-0.1, -0.05) is 11.3 Å². The van der Waals surface area contributed by atoms with Gasteiger partial charge in [-0.3, -0.25) is 4.79 Å². The molecule has 1 heterocycles. The monoisotopic (exact) mass is 295 g/mol. The van der Waals surface area contributed by atoms with Gasteiger partial charge in [-0.2, -0.15) is 0 Å². The molecule has 6 heteroatoms. The number of carboxylic acid groups (broad SMARTS) is 1. The summed E-state index contributed by atoms with van der Waals surface area (Å²) in [6, 6.07) is 5.84. The molecule has 0 aliphatic heterocycles. The number of aromatic nitrogens is 3. The first-order valence-electron chi connectivity index (χ1n) is 4.96. The fourth-order valence-electron chi connectivity index (χ4n) is 1.45. The van der Waals surface area contributed by atoms with Gasteiger partial charge in [0.05, 0.1) is 24.0 Å². The predicted octanol–water partition coefficient (Wildman–Crippen LogP) is 1.97. The minimum absolute atomic E-state index is 0.122. The van der Waals surface area contributed by atoms with E-state index in [0.717, 1.165) is 15.7 Å². The molecule has 88 valence electrons. The number of rotatable bonds is 3. The van der Waals surface area contributed by atoms with E-state index < -0.39 is 5.97 Å². The van der Waals surface area contributed by atoms with E-state index in [1.807, 2.05) is 25.1 Å². The van der Waals surface area contributed by atoms with Gasteiger partial charge < -0.3 is 5.11 Å². The number of carbonyl (C=O) groups is 1. The molecule has 0 amide bonds. The maximum atomic E-state index is 10.5. The highest BCUT2D eigenvalue weighted by atomic mass is 79.9. The van der Waals surface area contributed by atoms with Crippen LogP contribution in [0.1, 0.15) is 11.3 Å². The average molecular weight is 296 g/mol. The molecule has 0 atom stereocenters. The second kappa shape index (κ2) is 4.67. The molecule has 0 fully saturated rings. The second-order valence-electron chi connectivity index (χ2n) is 3.68. The van der Waals surface area contributed by atoms with Gasteiger partial charge in [0.15, 0.2) is 0 Å². The van der Waals surface area contributed by atoms with Crippen LogP contribution in [0.5, 0.6) is 0 Å². The third kappa shape index (κ3) is 2.71. The molecule has 5 nitrogen and oxygen atoms in total. The molecule has 1 aromatic heterocycles. The van der Waals surface area contributed by atoms with Crippen LogP contribution in [0.3, 0.4) is 0 Å². The molecule has 0 radical (unpaired) electrons. The number of carboxylic acids is 1. The number of nitrogens with zero attached hydrogens (tertiary/aromatic N) is 3. The summed E-state index contributed by atoms with van der Waals surface area (Å²) in [4.78, 5) is 10.5. The number of benzene rings is 1. The third-order valence-electron chi connectivity index (χ3n) is 2.22. The van der Waals surface area contributed by atoms with Crippen molar-refractivity contribution in [2.24, 2.45) is 0 Å². The van der Waals surface area contributed by atoms with Crippen LogP contribution in [-0.4, -0.2) is 26.1 Å².